The lowest BCUT2D eigenvalue weighted by Crippen LogP contribution is -2.48. The molecule has 2 aliphatic rings. The molecule has 0 N–H and O–H groups in total. The molecule has 1 atom stereocenters. The van der Waals surface area contributed by atoms with Gasteiger partial charge in [-0.2, -0.15) is 0 Å². The van der Waals surface area contributed by atoms with Crippen LogP contribution in [0.2, 0.25) is 0 Å². The summed E-state index contributed by atoms with van der Waals surface area (Å²) < 4.78 is 27.2. The number of amides is 2. The van der Waals surface area contributed by atoms with E-state index in [0.717, 1.165) is 0 Å². The van der Waals surface area contributed by atoms with Crippen LogP contribution in [0.1, 0.15) is 32.4 Å². The molecule has 0 aromatic heterocycles. The van der Waals surface area contributed by atoms with Crippen LogP contribution in [0.25, 0.3) is 0 Å². The lowest BCUT2D eigenvalue weighted by atomic mass is 10.0. The van der Waals surface area contributed by atoms with Gasteiger partial charge in [-0.1, -0.05) is 6.07 Å². The van der Waals surface area contributed by atoms with Gasteiger partial charge in [0.25, 0.3) is 11.8 Å². The van der Waals surface area contributed by atoms with Crippen molar-refractivity contribution in [2.24, 2.45) is 0 Å². The molecule has 0 aliphatic carbocycles. The molecule has 9 nitrogen and oxygen atoms in total. The van der Waals surface area contributed by atoms with Gasteiger partial charge in [0.05, 0.1) is 52.4 Å². The van der Waals surface area contributed by atoms with Crippen LogP contribution >= 0.6 is 0 Å². The van der Waals surface area contributed by atoms with Crippen LogP contribution in [-0.4, -0.2) is 47.4 Å². The zero-order chi connectivity index (χ0) is 24.9. The van der Waals surface area contributed by atoms with Crippen LogP contribution in [0.3, 0.4) is 0 Å². The molecule has 35 heavy (non-hydrogen) atoms. The first-order valence-electron chi connectivity index (χ1n) is 10.8. The maximum Gasteiger partial charge on any atom is 0.264 e. The normalized spacial score (nSPS) is 15.9. The summed E-state index contributed by atoms with van der Waals surface area (Å²) in [5.74, 6) is 1.57. The van der Waals surface area contributed by atoms with Gasteiger partial charge in [-0.15, -0.1) is 0 Å². The summed E-state index contributed by atoms with van der Waals surface area (Å²) in [6, 6.07) is 13.9. The summed E-state index contributed by atoms with van der Waals surface area (Å²) in [6.07, 6.45) is -0.746. The summed E-state index contributed by atoms with van der Waals surface area (Å²) in [7, 11) is 7.57. The Morgan fingerprint density at radius 1 is 0.657 bits per heavy atom. The predicted octanol–water partition coefficient (Wildman–Crippen LogP) is 4.05. The van der Waals surface area contributed by atoms with E-state index in [9.17, 15) is 9.59 Å². The van der Waals surface area contributed by atoms with E-state index in [0.29, 0.717) is 56.8 Å². The maximum atomic E-state index is 14.0. The largest absolute Gasteiger partial charge is 0.497 e. The molecule has 0 spiro atoms. The minimum atomic E-state index is -0.746. The molecular weight excluding hydrogens is 452 g/mol. The van der Waals surface area contributed by atoms with Crippen LogP contribution in [0.5, 0.6) is 28.7 Å². The molecule has 0 bridgehead atoms. The minimum absolute atomic E-state index is 0.289. The summed E-state index contributed by atoms with van der Waals surface area (Å²) >= 11 is 0. The molecule has 2 amide bonds. The molecule has 2 heterocycles. The van der Waals surface area contributed by atoms with Crippen molar-refractivity contribution in [3.63, 3.8) is 0 Å². The topological polar surface area (TPSA) is 86.8 Å². The molecule has 5 rings (SSSR count). The van der Waals surface area contributed by atoms with E-state index < -0.39 is 6.17 Å². The number of anilines is 2. The van der Waals surface area contributed by atoms with E-state index in [-0.39, 0.29) is 11.8 Å². The van der Waals surface area contributed by atoms with E-state index in [1.807, 2.05) is 0 Å². The van der Waals surface area contributed by atoms with Gasteiger partial charge in [0.15, 0.2) is 23.0 Å². The van der Waals surface area contributed by atoms with Gasteiger partial charge in [-0.25, -0.2) is 0 Å². The van der Waals surface area contributed by atoms with Gasteiger partial charge in [0, 0.05) is 17.3 Å². The first-order valence-corrected chi connectivity index (χ1v) is 10.8. The van der Waals surface area contributed by atoms with E-state index >= 15 is 0 Å². The Bertz CT molecular complexity index is 1340. The standard InChI is InChI=1S/C26H24N2O7/c1-31-15-8-6-14(7-9-15)27-24-16-10-11-19(32-2)23(35-5)22(16)26(30)28(24)18-13-21(34-4)20(33-3)12-17(18)25(27)29/h6-13,24H,1-5H3/t24-/m0/s1. The van der Waals surface area contributed by atoms with Crippen molar-refractivity contribution in [2.45, 2.75) is 6.17 Å². The fourth-order valence-electron chi connectivity index (χ4n) is 4.73. The van der Waals surface area contributed by atoms with Crippen molar-refractivity contribution in [2.75, 3.05) is 45.3 Å². The molecule has 0 saturated heterocycles. The monoisotopic (exact) mass is 476 g/mol. The van der Waals surface area contributed by atoms with Crippen LogP contribution in [0, 0.1) is 0 Å². The highest BCUT2D eigenvalue weighted by molar-refractivity contribution is 6.22. The number of nitrogens with zero attached hydrogens (tertiary/aromatic N) is 2. The number of carbonyl (C=O) groups is 2. The third-order valence-corrected chi connectivity index (χ3v) is 6.34. The Kier molecular flexibility index (Phi) is 5.39. The summed E-state index contributed by atoms with van der Waals surface area (Å²) in [5.41, 5.74) is 2.29. The number of benzene rings is 3. The van der Waals surface area contributed by atoms with Crippen molar-refractivity contribution >= 4 is 23.2 Å². The van der Waals surface area contributed by atoms with Gasteiger partial charge >= 0.3 is 0 Å². The first-order chi connectivity index (χ1) is 17.0. The Hall–Kier alpha value is -4.40. The van der Waals surface area contributed by atoms with Crippen molar-refractivity contribution in [1.82, 2.24) is 0 Å². The first kappa shape index (κ1) is 22.4. The predicted molar refractivity (Wildman–Crippen MR) is 128 cm³/mol. The molecular formula is C26H24N2O7. The van der Waals surface area contributed by atoms with Crippen molar-refractivity contribution < 1.29 is 33.3 Å². The Balaban J connectivity index is 1.80. The van der Waals surface area contributed by atoms with Crippen molar-refractivity contribution in [3.05, 3.63) is 65.2 Å². The summed E-state index contributed by atoms with van der Waals surface area (Å²) in [4.78, 5) is 31.1. The number of carbonyl (C=O) groups excluding carboxylic acids is 2. The smallest absolute Gasteiger partial charge is 0.264 e. The Labute approximate surface area is 202 Å². The molecule has 3 aromatic carbocycles. The third kappa shape index (κ3) is 3.15. The van der Waals surface area contributed by atoms with Crippen LogP contribution in [-0.2, 0) is 0 Å². The quantitative estimate of drug-likeness (QED) is 0.531. The number of methoxy groups -OCH3 is 5. The lowest BCUT2D eigenvalue weighted by Gasteiger charge is -2.41. The van der Waals surface area contributed by atoms with E-state index in [4.69, 9.17) is 23.7 Å². The molecule has 3 aromatic rings. The van der Waals surface area contributed by atoms with Gasteiger partial charge in [0.1, 0.15) is 11.9 Å². The van der Waals surface area contributed by atoms with Crippen LogP contribution in [0.15, 0.2) is 48.5 Å². The van der Waals surface area contributed by atoms with Crippen molar-refractivity contribution in [1.29, 1.82) is 0 Å². The highest BCUT2D eigenvalue weighted by Gasteiger charge is 2.50. The second-order valence-electron chi connectivity index (χ2n) is 7.91. The average molecular weight is 476 g/mol. The SMILES string of the molecule is COc1ccc(N2C(=O)c3cc(OC)c(OC)cc3N3C(=O)c4c(ccc(OC)c4OC)[C@@H]23)cc1. The fourth-order valence-corrected chi connectivity index (χ4v) is 4.73. The summed E-state index contributed by atoms with van der Waals surface area (Å²) in [6.45, 7) is 0. The maximum absolute atomic E-state index is 14.0. The van der Waals surface area contributed by atoms with Gasteiger partial charge in [-0.05, 0) is 36.4 Å². The van der Waals surface area contributed by atoms with Crippen molar-refractivity contribution in [3.8, 4) is 28.7 Å². The Morgan fingerprint density at radius 2 is 1.31 bits per heavy atom. The zero-order valence-electron chi connectivity index (χ0n) is 19.9. The van der Waals surface area contributed by atoms with Crippen LogP contribution in [0.4, 0.5) is 11.4 Å². The van der Waals surface area contributed by atoms with E-state index in [1.54, 1.807) is 65.4 Å². The average Bonchev–Trinajstić information content (AvgIpc) is 3.19. The second kappa shape index (κ2) is 8.43. The molecule has 180 valence electrons. The Morgan fingerprint density at radius 3 is 1.91 bits per heavy atom. The van der Waals surface area contributed by atoms with E-state index in [1.165, 1.54) is 28.4 Å². The van der Waals surface area contributed by atoms with Gasteiger partial charge in [0.2, 0.25) is 0 Å². The second-order valence-corrected chi connectivity index (χ2v) is 7.91. The highest BCUT2D eigenvalue weighted by Crippen LogP contribution is 2.52. The minimum Gasteiger partial charge on any atom is -0.497 e. The van der Waals surface area contributed by atoms with Gasteiger partial charge < -0.3 is 23.7 Å². The molecule has 0 unspecified atom stereocenters. The molecule has 9 heteroatoms. The van der Waals surface area contributed by atoms with Gasteiger partial charge in [-0.3, -0.25) is 19.4 Å². The number of hydrogen-bond acceptors (Lipinski definition) is 7. The number of hydrogen-bond donors (Lipinski definition) is 0. The highest BCUT2D eigenvalue weighted by atomic mass is 16.5. The third-order valence-electron chi connectivity index (χ3n) is 6.34. The molecule has 0 radical (unpaired) electrons. The molecule has 0 fully saturated rings. The lowest BCUT2D eigenvalue weighted by molar-refractivity contribution is 0.0947. The number of ether oxygens (including phenoxy) is 5. The van der Waals surface area contributed by atoms with E-state index in [2.05, 4.69) is 0 Å². The molecule has 2 aliphatic heterocycles. The zero-order valence-corrected chi connectivity index (χ0v) is 19.9. The van der Waals surface area contributed by atoms with Crippen LogP contribution < -0.4 is 33.5 Å². The summed E-state index contributed by atoms with van der Waals surface area (Å²) in [5, 5.41) is 0. The number of fused-ring (bicyclic) bond motifs is 5. The molecule has 0 saturated carbocycles. The fraction of sp³-hybridized carbons (Fsp3) is 0.231. The number of rotatable bonds is 6.